The molecule has 0 aromatic heterocycles. The predicted molar refractivity (Wildman–Crippen MR) is 67.9 cm³/mol. The molecule has 0 aliphatic rings. The van der Waals surface area contributed by atoms with E-state index in [0.717, 1.165) is 24.3 Å². The summed E-state index contributed by atoms with van der Waals surface area (Å²) in [6.45, 7) is 0. The smallest absolute Gasteiger partial charge is 0.716 e. The van der Waals surface area contributed by atoms with Gasteiger partial charge in [-0.05, 0) is 17.5 Å². The molecule has 120 valence electrons. The zero-order valence-electron chi connectivity index (χ0n) is 12.3. The van der Waals surface area contributed by atoms with Crippen molar-refractivity contribution in [2.45, 2.75) is 0 Å². The van der Waals surface area contributed by atoms with E-state index >= 15 is 0 Å². The van der Waals surface area contributed by atoms with Crippen molar-refractivity contribution < 1.29 is 104 Å². The zero-order valence-corrected chi connectivity index (χ0v) is 17.9. The first kappa shape index (κ1) is 23.7. The van der Waals surface area contributed by atoms with Crippen LogP contribution in [0.15, 0.2) is 24.3 Å². The summed E-state index contributed by atoms with van der Waals surface area (Å²) >= 11 is 0. The van der Waals surface area contributed by atoms with Gasteiger partial charge in [-0.2, -0.15) is 0 Å². The predicted octanol–water partition coefficient (Wildman–Crippen LogP) is -6.06. The Hall–Kier alpha value is -0.280. The van der Waals surface area contributed by atoms with Crippen LogP contribution in [0, 0.1) is 0 Å². The van der Waals surface area contributed by atoms with Gasteiger partial charge in [0, 0.05) is 12.1 Å². The minimum Gasteiger partial charge on any atom is -0.716 e. The second kappa shape index (κ2) is 8.40. The van der Waals surface area contributed by atoms with E-state index in [4.69, 9.17) is 0 Å². The van der Waals surface area contributed by atoms with Gasteiger partial charge in [0.05, 0.1) is 5.39 Å². The second-order valence-corrected chi connectivity index (χ2v) is 5.93. The third-order valence-electron chi connectivity index (χ3n) is 2.35. The molecule has 0 aliphatic carbocycles. The van der Waals surface area contributed by atoms with Crippen molar-refractivity contribution in [3.63, 3.8) is 0 Å². The average molecular weight is 396 g/mol. The molecule has 2 N–H and O–H groups in total. The average Bonchev–Trinajstić information content (AvgIpc) is 2.21. The Kier molecular flexibility index (Phi) is 8.30. The molecule has 14 heteroatoms. The van der Waals surface area contributed by atoms with Crippen molar-refractivity contribution in [3.05, 3.63) is 24.3 Å². The Morgan fingerprint density at radius 3 is 1.38 bits per heavy atom. The molecule has 0 aliphatic heterocycles. The molecule has 0 spiro atoms. The van der Waals surface area contributed by atoms with Crippen molar-refractivity contribution in [2.75, 3.05) is 0 Å². The first-order valence-corrected chi connectivity index (χ1v) is 7.91. The molecule has 0 saturated carbocycles. The number of aromatic hydroxyl groups is 2. The van der Waals surface area contributed by atoms with Crippen LogP contribution in [0.2, 0.25) is 0 Å². The van der Waals surface area contributed by atoms with Crippen LogP contribution in [0.4, 0.5) is 0 Å². The van der Waals surface area contributed by atoms with E-state index in [0.29, 0.717) is 0 Å². The molecule has 2 rings (SSSR count). The molecule has 0 unspecified atom stereocenters. The van der Waals surface area contributed by atoms with Gasteiger partial charge in [0.25, 0.3) is 20.8 Å². The number of rotatable bonds is 4. The zero-order chi connectivity index (χ0) is 16.7. The largest absolute Gasteiger partial charge is 1.00 e. The molecule has 0 heterocycles. The van der Waals surface area contributed by atoms with Gasteiger partial charge in [-0.1, -0.05) is 0 Å². The SMILES string of the molecule is O=S(=O)([O-])Oc1cc(O)c2c(O)cc(OS(=O)(=O)[O-])cc2c1.[Na+].[Na+]. The van der Waals surface area contributed by atoms with Crippen molar-refractivity contribution in [2.24, 2.45) is 0 Å². The summed E-state index contributed by atoms with van der Waals surface area (Å²) in [7, 11) is -10.2. The maximum Gasteiger partial charge on any atom is 1.00 e. The van der Waals surface area contributed by atoms with Gasteiger partial charge in [-0.3, -0.25) is 0 Å². The van der Waals surface area contributed by atoms with Gasteiger partial charge in [-0.15, -0.1) is 0 Å². The molecule has 2 aromatic rings. The standard InChI is InChI=1S/C10H8O10S2.2Na/c11-8-3-6(19-21(13,14)15)1-5-2-7(20-22(16,17)18)4-9(12)10(5)8;;/h1-4,11-12H,(H,13,14,15)(H,16,17,18);;/q;2*+1/p-2. The van der Waals surface area contributed by atoms with Gasteiger partial charge < -0.3 is 27.7 Å². The third kappa shape index (κ3) is 6.55. The fraction of sp³-hybridized carbons (Fsp3) is 0. The molecule has 2 aromatic carbocycles. The normalized spacial score (nSPS) is 11.2. The first-order chi connectivity index (χ1) is 9.94. The fourth-order valence-corrected chi connectivity index (χ4v) is 2.41. The van der Waals surface area contributed by atoms with Crippen LogP contribution in [0.5, 0.6) is 23.0 Å². The maximum atomic E-state index is 10.5. The van der Waals surface area contributed by atoms with E-state index in [9.17, 15) is 36.2 Å². The molecule has 0 atom stereocenters. The van der Waals surface area contributed by atoms with Gasteiger partial charge in [0.1, 0.15) is 23.0 Å². The van der Waals surface area contributed by atoms with Crippen LogP contribution in [0.1, 0.15) is 0 Å². The summed E-state index contributed by atoms with van der Waals surface area (Å²) in [5.41, 5.74) is 0. The fourth-order valence-electron chi connectivity index (χ4n) is 1.75. The van der Waals surface area contributed by atoms with E-state index in [1.807, 2.05) is 0 Å². The molecule has 0 amide bonds. The van der Waals surface area contributed by atoms with Crippen molar-refractivity contribution in [1.29, 1.82) is 0 Å². The third-order valence-corrected chi connectivity index (χ3v) is 3.14. The second-order valence-electron chi connectivity index (χ2n) is 3.97. The van der Waals surface area contributed by atoms with E-state index in [-0.39, 0.29) is 69.9 Å². The van der Waals surface area contributed by atoms with Gasteiger partial charge in [0.15, 0.2) is 0 Å². The minimum absolute atomic E-state index is 0. The number of phenols is 2. The quantitative estimate of drug-likeness (QED) is 0.288. The number of phenolic OH excluding ortho intramolecular Hbond substituents is 2. The number of benzene rings is 2. The van der Waals surface area contributed by atoms with E-state index < -0.39 is 43.8 Å². The number of fused-ring (bicyclic) bond motifs is 1. The number of hydrogen-bond donors (Lipinski definition) is 2. The van der Waals surface area contributed by atoms with Gasteiger partial charge >= 0.3 is 59.1 Å². The summed E-state index contributed by atoms with van der Waals surface area (Å²) in [4.78, 5) is 0. The molecule has 0 saturated heterocycles. The van der Waals surface area contributed by atoms with Crippen LogP contribution in [-0.2, 0) is 20.8 Å². The molecule has 0 radical (unpaired) electrons. The number of hydrogen-bond acceptors (Lipinski definition) is 10. The topological polar surface area (TPSA) is 173 Å². The van der Waals surface area contributed by atoms with Gasteiger partial charge in [0.2, 0.25) is 0 Å². The van der Waals surface area contributed by atoms with E-state index in [2.05, 4.69) is 8.37 Å². The summed E-state index contributed by atoms with van der Waals surface area (Å²) < 4.78 is 71.1. The van der Waals surface area contributed by atoms with E-state index in [1.54, 1.807) is 0 Å². The van der Waals surface area contributed by atoms with Crippen LogP contribution in [0.3, 0.4) is 0 Å². The molecule has 10 nitrogen and oxygen atoms in total. The Bertz CT molecular complexity index is 881. The van der Waals surface area contributed by atoms with Crippen LogP contribution in [0.25, 0.3) is 10.8 Å². The Morgan fingerprint density at radius 2 is 1.08 bits per heavy atom. The van der Waals surface area contributed by atoms with Crippen molar-refractivity contribution >= 4 is 31.6 Å². The monoisotopic (exact) mass is 396 g/mol. The first-order valence-electron chi connectivity index (χ1n) is 5.25. The molecular formula is C10H6Na2O10S2. The molecule has 0 fully saturated rings. The van der Waals surface area contributed by atoms with Crippen LogP contribution < -0.4 is 67.5 Å². The molecule has 0 bridgehead atoms. The molecule has 24 heavy (non-hydrogen) atoms. The van der Waals surface area contributed by atoms with Crippen molar-refractivity contribution in [3.8, 4) is 23.0 Å². The van der Waals surface area contributed by atoms with Crippen LogP contribution in [-0.4, -0.2) is 36.2 Å². The van der Waals surface area contributed by atoms with E-state index in [1.165, 1.54) is 0 Å². The Balaban J connectivity index is 0.00000264. The van der Waals surface area contributed by atoms with Crippen LogP contribution >= 0.6 is 0 Å². The summed E-state index contributed by atoms with van der Waals surface area (Å²) in [6.07, 6.45) is 0. The minimum atomic E-state index is -5.11. The van der Waals surface area contributed by atoms with Gasteiger partial charge in [-0.25, -0.2) is 16.8 Å². The molecular weight excluding hydrogens is 390 g/mol. The Labute approximate surface area is 180 Å². The Morgan fingerprint density at radius 1 is 0.750 bits per heavy atom. The summed E-state index contributed by atoms with van der Waals surface area (Å²) in [5, 5.41) is 19.0. The van der Waals surface area contributed by atoms with Crippen molar-refractivity contribution in [1.82, 2.24) is 0 Å². The summed E-state index contributed by atoms with van der Waals surface area (Å²) in [5.74, 6) is -2.46. The summed E-state index contributed by atoms with van der Waals surface area (Å²) in [6, 6.07) is 3.33. The maximum absolute atomic E-state index is 10.5.